The van der Waals surface area contributed by atoms with Crippen molar-refractivity contribution >= 4 is 17.6 Å². The van der Waals surface area contributed by atoms with Gasteiger partial charge in [0.1, 0.15) is 5.82 Å². The predicted molar refractivity (Wildman–Crippen MR) is 102 cm³/mol. The predicted octanol–water partition coefficient (Wildman–Crippen LogP) is 2.03. The molecule has 1 saturated carbocycles. The van der Waals surface area contributed by atoms with Crippen LogP contribution in [0.2, 0.25) is 0 Å². The SMILES string of the molecule is Cc1cccc(CC(=O)Nc2cc(C)nn2C2NC(=O)C3CCCC3N2)c1. The average molecular weight is 367 g/mol. The Labute approximate surface area is 158 Å². The number of aromatic nitrogens is 2. The highest BCUT2D eigenvalue weighted by molar-refractivity contribution is 5.91. The summed E-state index contributed by atoms with van der Waals surface area (Å²) in [4.78, 5) is 24.9. The van der Waals surface area contributed by atoms with Crippen molar-refractivity contribution < 1.29 is 9.59 Å². The number of benzene rings is 1. The number of nitrogens with one attached hydrogen (secondary N) is 3. The molecule has 3 atom stereocenters. The van der Waals surface area contributed by atoms with Crippen LogP contribution in [0.5, 0.6) is 0 Å². The fourth-order valence-corrected chi connectivity index (χ4v) is 4.09. The zero-order valence-electron chi connectivity index (χ0n) is 15.7. The number of amides is 2. The van der Waals surface area contributed by atoms with Gasteiger partial charge in [0.15, 0.2) is 6.29 Å². The molecule has 2 aliphatic rings. The van der Waals surface area contributed by atoms with Crippen molar-refractivity contribution in [1.29, 1.82) is 0 Å². The van der Waals surface area contributed by atoms with E-state index in [4.69, 9.17) is 0 Å². The molecule has 3 N–H and O–H groups in total. The molecule has 2 aromatic rings. The van der Waals surface area contributed by atoms with Crippen LogP contribution in [0.1, 0.15) is 42.4 Å². The van der Waals surface area contributed by atoms with Gasteiger partial charge in [-0.05, 0) is 32.3 Å². The number of carbonyl (C=O) groups is 2. The molecular weight excluding hydrogens is 342 g/mol. The maximum absolute atomic E-state index is 12.5. The number of anilines is 1. The molecule has 0 bridgehead atoms. The first-order valence-corrected chi connectivity index (χ1v) is 9.47. The maximum Gasteiger partial charge on any atom is 0.229 e. The van der Waals surface area contributed by atoms with E-state index in [9.17, 15) is 9.59 Å². The van der Waals surface area contributed by atoms with E-state index >= 15 is 0 Å². The van der Waals surface area contributed by atoms with Crippen molar-refractivity contribution in [2.24, 2.45) is 5.92 Å². The van der Waals surface area contributed by atoms with Crippen LogP contribution in [0, 0.1) is 19.8 Å². The zero-order valence-corrected chi connectivity index (χ0v) is 15.7. The van der Waals surface area contributed by atoms with E-state index in [-0.39, 0.29) is 23.8 Å². The monoisotopic (exact) mass is 367 g/mol. The summed E-state index contributed by atoms with van der Waals surface area (Å²) in [6.45, 7) is 3.88. The van der Waals surface area contributed by atoms with E-state index in [2.05, 4.69) is 21.0 Å². The summed E-state index contributed by atoms with van der Waals surface area (Å²) in [5, 5.41) is 13.9. The topological polar surface area (TPSA) is 88.1 Å². The highest BCUT2D eigenvalue weighted by atomic mass is 16.2. The van der Waals surface area contributed by atoms with Gasteiger partial charge in [-0.25, -0.2) is 4.68 Å². The molecule has 3 unspecified atom stereocenters. The molecule has 4 rings (SSSR count). The molecular formula is C20H25N5O2. The number of carbonyl (C=O) groups excluding carboxylic acids is 2. The highest BCUT2D eigenvalue weighted by Crippen LogP contribution is 2.30. The molecule has 1 aromatic heterocycles. The Bertz CT molecular complexity index is 875. The lowest BCUT2D eigenvalue weighted by Gasteiger charge is -2.34. The molecule has 142 valence electrons. The summed E-state index contributed by atoms with van der Waals surface area (Å²) >= 11 is 0. The van der Waals surface area contributed by atoms with Gasteiger partial charge in [0.2, 0.25) is 11.8 Å². The van der Waals surface area contributed by atoms with Crippen molar-refractivity contribution in [3.8, 4) is 0 Å². The third-order valence-corrected chi connectivity index (χ3v) is 5.32. The van der Waals surface area contributed by atoms with Gasteiger partial charge in [0, 0.05) is 12.1 Å². The van der Waals surface area contributed by atoms with E-state index < -0.39 is 6.29 Å². The summed E-state index contributed by atoms with van der Waals surface area (Å²) in [6, 6.07) is 9.90. The molecule has 27 heavy (non-hydrogen) atoms. The quantitative estimate of drug-likeness (QED) is 0.771. The van der Waals surface area contributed by atoms with Crippen LogP contribution in [0.4, 0.5) is 5.82 Å². The first kappa shape index (κ1) is 17.7. The number of nitrogens with zero attached hydrogens (tertiary/aromatic N) is 2. The number of hydrogen-bond acceptors (Lipinski definition) is 4. The van der Waals surface area contributed by atoms with Gasteiger partial charge in [0.25, 0.3) is 0 Å². The third kappa shape index (κ3) is 3.73. The van der Waals surface area contributed by atoms with Gasteiger partial charge in [-0.2, -0.15) is 5.10 Å². The van der Waals surface area contributed by atoms with Crippen LogP contribution in [-0.2, 0) is 16.0 Å². The zero-order chi connectivity index (χ0) is 19.0. The third-order valence-electron chi connectivity index (χ3n) is 5.32. The Morgan fingerprint density at radius 1 is 1.30 bits per heavy atom. The summed E-state index contributed by atoms with van der Waals surface area (Å²) in [7, 11) is 0. The van der Waals surface area contributed by atoms with Crippen LogP contribution >= 0.6 is 0 Å². The standard InChI is InChI=1S/C20H25N5O2/c1-12-5-3-6-14(9-12)11-18(26)22-17-10-13(2)24-25(17)20-21-16-8-4-7-15(16)19(27)23-20/h3,5-6,9-10,15-16,20-21H,4,7-8,11H2,1-2H3,(H,22,26)(H,23,27). The fraction of sp³-hybridized carbons (Fsp3) is 0.450. The Kier molecular flexibility index (Phi) is 4.70. The Balaban J connectivity index is 1.49. The smallest absolute Gasteiger partial charge is 0.229 e. The van der Waals surface area contributed by atoms with Gasteiger partial charge < -0.3 is 10.6 Å². The minimum atomic E-state index is -0.445. The molecule has 1 aliphatic carbocycles. The Hall–Kier alpha value is -2.67. The Morgan fingerprint density at radius 3 is 2.96 bits per heavy atom. The normalized spacial score (nSPS) is 24.4. The lowest BCUT2D eigenvalue weighted by molar-refractivity contribution is -0.130. The summed E-state index contributed by atoms with van der Waals surface area (Å²) < 4.78 is 1.66. The minimum Gasteiger partial charge on any atom is -0.322 e. The van der Waals surface area contributed by atoms with Crippen LogP contribution in [0.3, 0.4) is 0 Å². The molecule has 7 heteroatoms. The van der Waals surface area contributed by atoms with Crippen LogP contribution in [0.15, 0.2) is 30.3 Å². The number of hydrogen-bond donors (Lipinski definition) is 3. The van der Waals surface area contributed by atoms with E-state index in [1.54, 1.807) is 4.68 Å². The van der Waals surface area contributed by atoms with Crippen molar-refractivity contribution in [1.82, 2.24) is 20.4 Å². The summed E-state index contributed by atoms with van der Waals surface area (Å²) in [6.07, 6.45) is 2.82. The van der Waals surface area contributed by atoms with E-state index in [1.807, 2.05) is 44.2 Å². The lowest BCUT2D eigenvalue weighted by Crippen LogP contribution is -2.57. The largest absolute Gasteiger partial charge is 0.322 e. The second-order valence-electron chi connectivity index (χ2n) is 7.55. The molecule has 0 radical (unpaired) electrons. The molecule has 1 aliphatic heterocycles. The van der Waals surface area contributed by atoms with Crippen molar-refractivity contribution in [3.05, 3.63) is 47.2 Å². The van der Waals surface area contributed by atoms with Crippen molar-refractivity contribution in [3.63, 3.8) is 0 Å². The lowest BCUT2D eigenvalue weighted by atomic mass is 10.0. The number of aryl methyl sites for hydroxylation is 2. The van der Waals surface area contributed by atoms with Gasteiger partial charge in [-0.3, -0.25) is 14.9 Å². The molecule has 2 heterocycles. The fourth-order valence-electron chi connectivity index (χ4n) is 4.09. The van der Waals surface area contributed by atoms with Gasteiger partial charge >= 0.3 is 0 Å². The van der Waals surface area contributed by atoms with Gasteiger partial charge in [-0.15, -0.1) is 0 Å². The number of rotatable bonds is 4. The Morgan fingerprint density at radius 2 is 2.15 bits per heavy atom. The average Bonchev–Trinajstić information content (AvgIpc) is 3.21. The highest BCUT2D eigenvalue weighted by Gasteiger charge is 2.40. The summed E-state index contributed by atoms with van der Waals surface area (Å²) in [5.74, 6) is 0.575. The first-order chi connectivity index (χ1) is 13.0. The maximum atomic E-state index is 12.5. The molecule has 1 aromatic carbocycles. The van der Waals surface area contributed by atoms with Gasteiger partial charge in [0.05, 0.1) is 18.0 Å². The van der Waals surface area contributed by atoms with Crippen molar-refractivity contribution in [2.45, 2.75) is 51.9 Å². The van der Waals surface area contributed by atoms with Gasteiger partial charge in [-0.1, -0.05) is 36.2 Å². The second-order valence-corrected chi connectivity index (χ2v) is 7.55. The molecule has 0 spiro atoms. The van der Waals surface area contributed by atoms with Crippen LogP contribution in [0.25, 0.3) is 0 Å². The molecule has 1 saturated heterocycles. The van der Waals surface area contributed by atoms with E-state index in [0.717, 1.165) is 36.1 Å². The number of fused-ring (bicyclic) bond motifs is 1. The molecule has 2 amide bonds. The second kappa shape index (κ2) is 7.15. The van der Waals surface area contributed by atoms with Crippen LogP contribution < -0.4 is 16.0 Å². The summed E-state index contributed by atoms with van der Waals surface area (Å²) in [5.41, 5.74) is 2.88. The minimum absolute atomic E-state index is 0.0391. The van der Waals surface area contributed by atoms with E-state index in [1.165, 1.54) is 0 Å². The van der Waals surface area contributed by atoms with Crippen molar-refractivity contribution in [2.75, 3.05) is 5.32 Å². The first-order valence-electron chi connectivity index (χ1n) is 9.47. The molecule has 7 nitrogen and oxygen atoms in total. The van der Waals surface area contributed by atoms with Crippen LogP contribution in [-0.4, -0.2) is 27.6 Å². The van der Waals surface area contributed by atoms with E-state index in [0.29, 0.717) is 12.2 Å². The molecule has 2 fully saturated rings.